The SMILES string of the molecule is Cc1ccc(S(=O)(=O)OC[C@]2(O)C(C)(C)[C@@]2(O)[C@]2(O)C(O)C2(C)C)cc1. The molecule has 2 aliphatic carbocycles. The fourth-order valence-electron chi connectivity index (χ4n) is 4.31. The molecule has 146 valence electrons. The molecular weight excluding hydrogens is 360 g/mol. The quantitative estimate of drug-likeness (QED) is 0.538. The number of hydrogen-bond acceptors (Lipinski definition) is 7. The van der Waals surface area contributed by atoms with E-state index in [0.29, 0.717) is 0 Å². The Morgan fingerprint density at radius 3 is 1.92 bits per heavy atom. The summed E-state index contributed by atoms with van der Waals surface area (Å²) in [5.74, 6) is 0. The lowest BCUT2D eigenvalue weighted by atomic mass is 9.93. The number of aryl methyl sites for hydroxylation is 1. The van der Waals surface area contributed by atoms with Gasteiger partial charge >= 0.3 is 0 Å². The van der Waals surface area contributed by atoms with Crippen LogP contribution in [0.3, 0.4) is 0 Å². The molecule has 0 amide bonds. The van der Waals surface area contributed by atoms with Crippen molar-refractivity contribution in [1.82, 2.24) is 0 Å². The molecular formula is C18H26O7S. The van der Waals surface area contributed by atoms with Gasteiger partial charge in [0, 0.05) is 10.8 Å². The van der Waals surface area contributed by atoms with Crippen molar-refractivity contribution in [3.05, 3.63) is 29.8 Å². The van der Waals surface area contributed by atoms with E-state index in [0.717, 1.165) is 5.56 Å². The van der Waals surface area contributed by atoms with Crippen molar-refractivity contribution < 1.29 is 33.0 Å². The van der Waals surface area contributed by atoms with Gasteiger partial charge in [-0.2, -0.15) is 8.42 Å². The lowest BCUT2D eigenvalue weighted by Gasteiger charge is -2.25. The molecule has 1 aromatic carbocycles. The molecule has 2 saturated carbocycles. The maximum Gasteiger partial charge on any atom is 0.297 e. The highest BCUT2D eigenvalue weighted by Gasteiger charge is 2.98. The summed E-state index contributed by atoms with van der Waals surface area (Å²) in [4.78, 5) is -0.0702. The van der Waals surface area contributed by atoms with Gasteiger partial charge in [-0.05, 0) is 19.1 Å². The van der Waals surface area contributed by atoms with Crippen LogP contribution in [-0.2, 0) is 14.3 Å². The molecule has 1 unspecified atom stereocenters. The van der Waals surface area contributed by atoms with Crippen LogP contribution in [0.4, 0.5) is 0 Å². The summed E-state index contributed by atoms with van der Waals surface area (Å²) in [7, 11) is -4.15. The first kappa shape index (κ1) is 19.7. The number of benzene rings is 1. The van der Waals surface area contributed by atoms with E-state index >= 15 is 0 Å². The molecule has 3 rings (SSSR count). The Labute approximate surface area is 153 Å². The summed E-state index contributed by atoms with van der Waals surface area (Å²) in [6.45, 7) is 7.19. The average Bonchev–Trinajstić information content (AvgIpc) is 3.13. The third kappa shape index (κ3) is 1.97. The third-order valence-electron chi connectivity index (χ3n) is 6.74. The monoisotopic (exact) mass is 386 g/mol. The van der Waals surface area contributed by atoms with Crippen LogP contribution in [0.1, 0.15) is 33.3 Å². The number of hydrogen-bond donors (Lipinski definition) is 4. The molecule has 4 N–H and O–H groups in total. The molecule has 0 spiro atoms. The van der Waals surface area contributed by atoms with E-state index in [4.69, 9.17) is 4.18 Å². The van der Waals surface area contributed by atoms with Crippen LogP contribution in [-0.4, -0.2) is 58.4 Å². The van der Waals surface area contributed by atoms with E-state index in [2.05, 4.69) is 0 Å². The Hall–Kier alpha value is -1.03. The van der Waals surface area contributed by atoms with E-state index < -0.39 is 50.5 Å². The molecule has 4 atom stereocenters. The smallest absolute Gasteiger partial charge is 0.297 e. The van der Waals surface area contributed by atoms with Crippen molar-refractivity contribution in [2.75, 3.05) is 6.61 Å². The second kappa shape index (κ2) is 5.06. The van der Waals surface area contributed by atoms with Crippen LogP contribution in [0.2, 0.25) is 0 Å². The second-order valence-electron chi connectivity index (χ2n) is 8.62. The molecule has 26 heavy (non-hydrogen) atoms. The average molecular weight is 386 g/mol. The standard InChI is InChI=1S/C18H26O7S/c1-11-6-8-12(9-7-11)26(23,24)25-10-16(20)15(4,5)18(16,22)17(21)13(19)14(17,2)3/h6-9,13,19-22H,10H2,1-5H3/t13?,16-,17-,18-/m0/s1. The van der Waals surface area contributed by atoms with Crippen LogP contribution in [0.25, 0.3) is 0 Å². The number of aliphatic hydroxyl groups excluding tert-OH is 1. The van der Waals surface area contributed by atoms with Crippen molar-refractivity contribution in [3.63, 3.8) is 0 Å². The van der Waals surface area contributed by atoms with Gasteiger partial charge in [-0.3, -0.25) is 4.18 Å². The molecule has 0 radical (unpaired) electrons. The maximum atomic E-state index is 12.4. The highest BCUT2D eigenvalue weighted by Crippen LogP contribution is 2.78. The lowest BCUT2D eigenvalue weighted by Crippen LogP contribution is -2.46. The first-order chi connectivity index (χ1) is 11.6. The summed E-state index contributed by atoms with van der Waals surface area (Å²) in [6.07, 6.45) is -1.25. The molecule has 0 aromatic heterocycles. The zero-order valence-electron chi connectivity index (χ0n) is 15.5. The van der Waals surface area contributed by atoms with E-state index in [9.17, 15) is 28.8 Å². The summed E-state index contributed by atoms with van der Waals surface area (Å²) < 4.78 is 29.7. The van der Waals surface area contributed by atoms with Gasteiger partial charge in [0.1, 0.15) is 16.8 Å². The summed E-state index contributed by atoms with van der Waals surface area (Å²) in [6, 6.07) is 6.02. The Kier molecular flexibility index (Phi) is 3.84. The van der Waals surface area contributed by atoms with Gasteiger partial charge in [0.15, 0.2) is 0 Å². The fourth-order valence-corrected chi connectivity index (χ4v) is 5.24. The Bertz CT molecular complexity index is 845. The molecule has 2 aliphatic rings. The van der Waals surface area contributed by atoms with Crippen LogP contribution < -0.4 is 0 Å². The van der Waals surface area contributed by atoms with E-state index in [1.807, 2.05) is 6.92 Å². The zero-order valence-corrected chi connectivity index (χ0v) is 16.3. The summed E-state index contributed by atoms with van der Waals surface area (Å²) in [5, 5.41) is 42.9. The first-order valence-electron chi connectivity index (χ1n) is 8.42. The van der Waals surface area contributed by atoms with Gasteiger partial charge < -0.3 is 20.4 Å². The molecule has 8 heteroatoms. The summed E-state index contributed by atoms with van der Waals surface area (Å²) in [5.41, 5.74) is -7.56. The molecule has 0 bridgehead atoms. The largest absolute Gasteiger partial charge is 0.389 e. The second-order valence-corrected chi connectivity index (χ2v) is 10.2. The number of rotatable bonds is 5. The Morgan fingerprint density at radius 2 is 1.50 bits per heavy atom. The highest BCUT2D eigenvalue weighted by molar-refractivity contribution is 7.86. The highest BCUT2D eigenvalue weighted by atomic mass is 32.2. The minimum Gasteiger partial charge on any atom is -0.389 e. The van der Waals surface area contributed by atoms with E-state index in [1.54, 1.807) is 26.0 Å². The number of aliphatic hydroxyl groups is 4. The van der Waals surface area contributed by atoms with Crippen LogP contribution in [0.15, 0.2) is 29.2 Å². The van der Waals surface area contributed by atoms with Crippen LogP contribution >= 0.6 is 0 Å². The Morgan fingerprint density at radius 1 is 1.04 bits per heavy atom. The van der Waals surface area contributed by atoms with Crippen molar-refractivity contribution in [2.45, 2.75) is 62.4 Å². The minimum atomic E-state index is -4.15. The topological polar surface area (TPSA) is 124 Å². The van der Waals surface area contributed by atoms with Gasteiger partial charge in [-0.1, -0.05) is 45.4 Å². The third-order valence-corrected chi connectivity index (χ3v) is 8.01. The predicted octanol–water partition coefficient (Wildman–Crippen LogP) is 0.334. The van der Waals surface area contributed by atoms with Crippen molar-refractivity contribution in [1.29, 1.82) is 0 Å². The molecule has 1 aromatic rings. The van der Waals surface area contributed by atoms with Crippen molar-refractivity contribution in [2.24, 2.45) is 10.8 Å². The fraction of sp³-hybridized carbons (Fsp3) is 0.667. The van der Waals surface area contributed by atoms with Crippen LogP contribution in [0, 0.1) is 17.8 Å². The summed E-state index contributed by atoms with van der Waals surface area (Å²) >= 11 is 0. The predicted molar refractivity (Wildman–Crippen MR) is 92.7 cm³/mol. The van der Waals surface area contributed by atoms with Crippen molar-refractivity contribution >= 4 is 10.1 Å². The van der Waals surface area contributed by atoms with Crippen molar-refractivity contribution in [3.8, 4) is 0 Å². The molecule has 0 saturated heterocycles. The zero-order chi connectivity index (χ0) is 20.0. The normalized spacial score (nSPS) is 40.3. The Balaban J connectivity index is 1.85. The molecule has 7 nitrogen and oxygen atoms in total. The van der Waals surface area contributed by atoms with Gasteiger partial charge in [0.05, 0.1) is 17.6 Å². The molecule has 2 fully saturated rings. The first-order valence-corrected chi connectivity index (χ1v) is 9.83. The van der Waals surface area contributed by atoms with Gasteiger partial charge in [0.2, 0.25) is 0 Å². The molecule has 0 aliphatic heterocycles. The maximum absolute atomic E-state index is 12.4. The lowest BCUT2D eigenvalue weighted by molar-refractivity contribution is -0.114. The molecule has 0 heterocycles. The van der Waals surface area contributed by atoms with Gasteiger partial charge in [0.25, 0.3) is 10.1 Å². The minimum absolute atomic E-state index is 0.0702. The van der Waals surface area contributed by atoms with E-state index in [1.165, 1.54) is 26.0 Å². The van der Waals surface area contributed by atoms with Crippen LogP contribution in [0.5, 0.6) is 0 Å². The van der Waals surface area contributed by atoms with E-state index in [-0.39, 0.29) is 4.90 Å². The van der Waals surface area contributed by atoms with Gasteiger partial charge in [-0.25, -0.2) is 0 Å². The van der Waals surface area contributed by atoms with Gasteiger partial charge in [-0.15, -0.1) is 0 Å².